The number of primary amides is 1. The Labute approximate surface area is 185 Å². The number of amides is 5. The van der Waals surface area contributed by atoms with E-state index in [0.717, 1.165) is 6.42 Å². The third-order valence-electron chi connectivity index (χ3n) is 4.66. The third kappa shape index (κ3) is 9.23. The zero-order chi connectivity index (χ0) is 24.3. The number of imide groups is 2. The van der Waals surface area contributed by atoms with Crippen LogP contribution < -0.4 is 5.73 Å². The van der Waals surface area contributed by atoms with E-state index < -0.39 is 41.5 Å². The molecule has 0 radical (unpaired) electrons. The van der Waals surface area contributed by atoms with Crippen LogP contribution in [-0.4, -0.2) is 51.6 Å². The van der Waals surface area contributed by atoms with Gasteiger partial charge in [-0.15, -0.1) is 10.1 Å². The van der Waals surface area contributed by atoms with Crippen molar-refractivity contribution in [3.05, 3.63) is 0 Å². The Balaban J connectivity index is 0.000000323. The fourth-order valence-corrected chi connectivity index (χ4v) is 2.60. The minimum absolute atomic E-state index is 0.0460. The predicted molar refractivity (Wildman–Crippen MR) is 106 cm³/mol. The lowest BCUT2D eigenvalue weighted by atomic mass is 10.1. The molecule has 0 aromatic heterocycles. The lowest BCUT2D eigenvalue weighted by molar-refractivity contribution is -0.198. The highest BCUT2D eigenvalue weighted by molar-refractivity contribution is 6.02. The summed E-state index contributed by atoms with van der Waals surface area (Å²) in [4.78, 5) is 86.7. The third-order valence-corrected chi connectivity index (χ3v) is 4.66. The Morgan fingerprint density at radius 3 is 1.62 bits per heavy atom. The van der Waals surface area contributed by atoms with Gasteiger partial charge in [0.15, 0.2) is 0 Å². The van der Waals surface area contributed by atoms with Crippen LogP contribution in [0.25, 0.3) is 0 Å². The van der Waals surface area contributed by atoms with Gasteiger partial charge in [-0.25, -0.2) is 9.59 Å². The van der Waals surface area contributed by atoms with E-state index in [1.54, 1.807) is 0 Å². The van der Waals surface area contributed by atoms with Crippen LogP contribution in [0.2, 0.25) is 0 Å². The maximum atomic E-state index is 11.3. The summed E-state index contributed by atoms with van der Waals surface area (Å²) in [5.41, 5.74) is 4.93. The predicted octanol–water partition coefficient (Wildman–Crippen LogP) is 0.669. The van der Waals surface area contributed by atoms with Crippen LogP contribution in [-0.2, 0) is 43.2 Å². The van der Waals surface area contributed by atoms with Crippen LogP contribution in [0.5, 0.6) is 0 Å². The van der Waals surface area contributed by atoms with Crippen molar-refractivity contribution in [1.29, 1.82) is 0 Å². The van der Waals surface area contributed by atoms with Crippen molar-refractivity contribution in [3.63, 3.8) is 0 Å². The quantitative estimate of drug-likeness (QED) is 0.367. The van der Waals surface area contributed by atoms with Crippen LogP contribution in [0.3, 0.4) is 0 Å². The van der Waals surface area contributed by atoms with E-state index in [9.17, 15) is 33.6 Å². The number of hydroxylamine groups is 4. The SMILES string of the molecule is CCC(C)CC(=O)ON1C(=O)CCC1=O.NC(=O)CCCCC(=O)ON1C(=O)CCC1=O. The summed E-state index contributed by atoms with van der Waals surface area (Å²) >= 11 is 0. The van der Waals surface area contributed by atoms with Gasteiger partial charge in [0.2, 0.25) is 5.91 Å². The van der Waals surface area contributed by atoms with Gasteiger partial charge in [0.1, 0.15) is 0 Å². The van der Waals surface area contributed by atoms with Crippen molar-refractivity contribution < 1.29 is 43.2 Å². The van der Waals surface area contributed by atoms with Crippen LogP contribution in [0, 0.1) is 5.92 Å². The van der Waals surface area contributed by atoms with Crippen LogP contribution in [0.1, 0.15) is 78.1 Å². The molecule has 2 saturated heterocycles. The molecule has 0 aromatic rings. The van der Waals surface area contributed by atoms with Gasteiger partial charge >= 0.3 is 11.9 Å². The second-order valence-corrected chi connectivity index (χ2v) is 7.48. The van der Waals surface area contributed by atoms with E-state index in [2.05, 4.69) is 4.84 Å². The molecule has 2 N–H and O–H groups in total. The summed E-state index contributed by atoms with van der Waals surface area (Å²) < 4.78 is 0. The number of hydrogen-bond acceptors (Lipinski definition) is 9. The van der Waals surface area contributed by atoms with E-state index in [-0.39, 0.29) is 50.9 Å². The average molecular weight is 455 g/mol. The highest BCUT2D eigenvalue weighted by atomic mass is 16.7. The number of rotatable bonds is 10. The molecule has 0 aromatic carbocycles. The number of hydrogen-bond donors (Lipinski definition) is 1. The van der Waals surface area contributed by atoms with Gasteiger partial charge in [-0.05, 0) is 18.8 Å². The Morgan fingerprint density at radius 1 is 0.812 bits per heavy atom. The maximum Gasteiger partial charge on any atom is 0.333 e. The highest BCUT2D eigenvalue weighted by Crippen LogP contribution is 2.15. The van der Waals surface area contributed by atoms with Gasteiger partial charge in [-0.1, -0.05) is 20.3 Å². The molecule has 178 valence electrons. The maximum absolute atomic E-state index is 11.3. The topological polar surface area (TPSA) is 170 Å². The Morgan fingerprint density at radius 2 is 1.22 bits per heavy atom. The van der Waals surface area contributed by atoms with E-state index in [1.165, 1.54) is 0 Å². The summed E-state index contributed by atoms with van der Waals surface area (Å²) in [7, 11) is 0. The summed E-state index contributed by atoms with van der Waals surface area (Å²) in [5, 5.41) is 1.10. The van der Waals surface area contributed by atoms with Gasteiger partial charge in [-0.3, -0.25) is 24.0 Å². The zero-order valence-electron chi connectivity index (χ0n) is 18.3. The summed E-state index contributed by atoms with van der Waals surface area (Å²) in [5.74, 6) is -3.27. The first-order valence-corrected chi connectivity index (χ1v) is 10.5. The molecule has 12 heteroatoms. The first kappa shape index (κ1) is 26.7. The van der Waals surface area contributed by atoms with Gasteiger partial charge < -0.3 is 15.4 Å². The van der Waals surface area contributed by atoms with Crippen molar-refractivity contribution in [2.24, 2.45) is 11.7 Å². The Kier molecular flexibility index (Phi) is 11.0. The normalized spacial score (nSPS) is 16.6. The molecular weight excluding hydrogens is 426 g/mol. The molecule has 5 amide bonds. The second kappa shape index (κ2) is 13.2. The van der Waals surface area contributed by atoms with Crippen LogP contribution in [0.15, 0.2) is 0 Å². The molecule has 32 heavy (non-hydrogen) atoms. The highest BCUT2D eigenvalue weighted by Gasteiger charge is 2.33. The standard InChI is InChI=1S/C10H14N2O5.C10H15NO4/c11-7(13)3-1-2-4-10(16)17-12-8(14)5-6-9(12)15;1-3-7(2)6-10(14)15-11-8(12)4-5-9(11)13/h1-6H2,(H2,11,13);7H,3-6H2,1-2H3. The van der Waals surface area contributed by atoms with Gasteiger partial charge in [0.25, 0.3) is 23.6 Å². The molecule has 0 bridgehead atoms. The van der Waals surface area contributed by atoms with Crippen LogP contribution in [0.4, 0.5) is 0 Å². The van der Waals surface area contributed by atoms with E-state index in [4.69, 9.17) is 10.6 Å². The summed E-state index contributed by atoms with van der Waals surface area (Å²) in [6.45, 7) is 3.87. The number of nitrogens with two attached hydrogens (primary N) is 1. The summed E-state index contributed by atoms with van der Waals surface area (Å²) in [6, 6.07) is 0. The minimum Gasteiger partial charge on any atom is -0.370 e. The van der Waals surface area contributed by atoms with E-state index >= 15 is 0 Å². The molecule has 2 fully saturated rings. The average Bonchev–Trinajstić information content (AvgIpc) is 3.21. The largest absolute Gasteiger partial charge is 0.370 e. The van der Waals surface area contributed by atoms with E-state index in [0.29, 0.717) is 23.0 Å². The number of nitrogens with zero attached hydrogens (tertiary/aromatic N) is 2. The molecule has 12 nitrogen and oxygen atoms in total. The molecule has 2 aliphatic heterocycles. The Bertz CT molecular complexity index is 733. The first-order valence-electron chi connectivity index (χ1n) is 10.5. The lowest BCUT2D eigenvalue weighted by Crippen LogP contribution is -2.32. The second-order valence-electron chi connectivity index (χ2n) is 7.48. The molecular formula is C20H29N3O9. The van der Waals surface area contributed by atoms with Crippen molar-refractivity contribution in [2.75, 3.05) is 0 Å². The molecule has 2 aliphatic rings. The molecule has 0 aliphatic carbocycles. The molecule has 0 spiro atoms. The Hall–Kier alpha value is -3.31. The van der Waals surface area contributed by atoms with Gasteiger partial charge in [-0.2, -0.15) is 0 Å². The molecule has 2 heterocycles. The summed E-state index contributed by atoms with van der Waals surface area (Å²) in [6.07, 6.45) is 2.67. The van der Waals surface area contributed by atoms with Crippen molar-refractivity contribution in [3.8, 4) is 0 Å². The lowest BCUT2D eigenvalue weighted by Gasteiger charge is -2.14. The van der Waals surface area contributed by atoms with Crippen LogP contribution >= 0.6 is 0 Å². The fourth-order valence-electron chi connectivity index (χ4n) is 2.60. The van der Waals surface area contributed by atoms with Crippen molar-refractivity contribution >= 4 is 41.5 Å². The fraction of sp³-hybridized carbons (Fsp3) is 0.650. The number of unbranched alkanes of at least 4 members (excludes halogenated alkanes) is 1. The zero-order valence-corrected chi connectivity index (χ0v) is 18.3. The molecule has 1 atom stereocenters. The molecule has 2 rings (SSSR count). The monoisotopic (exact) mass is 455 g/mol. The van der Waals surface area contributed by atoms with Gasteiger partial charge in [0.05, 0.1) is 6.42 Å². The van der Waals surface area contributed by atoms with Crippen molar-refractivity contribution in [2.45, 2.75) is 78.1 Å². The molecule has 0 saturated carbocycles. The van der Waals surface area contributed by atoms with E-state index in [1.807, 2.05) is 13.8 Å². The van der Waals surface area contributed by atoms with Gasteiger partial charge in [0, 0.05) is 38.5 Å². The number of carbonyl (C=O) groups excluding carboxylic acids is 7. The first-order chi connectivity index (χ1) is 15.0. The van der Waals surface area contributed by atoms with Crippen molar-refractivity contribution in [1.82, 2.24) is 10.1 Å². The molecule has 1 unspecified atom stereocenters. The smallest absolute Gasteiger partial charge is 0.333 e. The number of carbonyl (C=O) groups is 7. The minimum atomic E-state index is -0.655.